The van der Waals surface area contributed by atoms with Gasteiger partial charge in [0.05, 0.1) is 12.7 Å². The number of likely N-dealkylation sites (N-methyl/N-ethyl adjacent to an activating group) is 1. The van der Waals surface area contributed by atoms with Gasteiger partial charge in [-0.15, -0.1) is 0 Å². The first-order chi connectivity index (χ1) is 12.7. The molecule has 0 saturated heterocycles. The highest BCUT2D eigenvalue weighted by atomic mass is 19.2. The third kappa shape index (κ3) is 5.45. The fourth-order valence-electron chi connectivity index (χ4n) is 3.29. The molecular formula is C19H27F3N3O2+. The first-order valence-corrected chi connectivity index (χ1v) is 9.26. The van der Waals surface area contributed by atoms with Crippen molar-refractivity contribution in [3.8, 4) is 0 Å². The summed E-state index contributed by atoms with van der Waals surface area (Å²) in [6.07, 6.45) is 4.31. The van der Waals surface area contributed by atoms with Gasteiger partial charge in [0.25, 0.3) is 11.8 Å². The molecule has 1 saturated carbocycles. The molecule has 1 fully saturated rings. The third-order valence-corrected chi connectivity index (χ3v) is 5.32. The van der Waals surface area contributed by atoms with Gasteiger partial charge in [0.1, 0.15) is 0 Å². The lowest BCUT2D eigenvalue weighted by Crippen LogP contribution is -3.15. The van der Waals surface area contributed by atoms with E-state index in [2.05, 4.69) is 17.6 Å². The van der Waals surface area contributed by atoms with Crippen molar-refractivity contribution in [1.82, 2.24) is 5.32 Å². The van der Waals surface area contributed by atoms with E-state index in [1.54, 1.807) is 14.0 Å². The molecule has 3 N–H and O–H groups in total. The molecule has 150 valence electrons. The molecule has 1 aromatic rings. The van der Waals surface area contributed by atoms with Crippen molar-refractivity contribution in [3.63, 3.8) is 0 Å². The van der Waals surface area contributed by atoms with E-state index in [1.807, 2.05) is 0 Å². The monoisotopic (exact) mass is 386 g/mol. The predicted molar refractivity (Wildman–Crippen MR) is 95.7 cm³/mol. The number of benzene rings is 1. The molecule has 1 aliphatic rings. The Balaban J connectivity index is 1.89. The number of hydrogen-bond acceptors (Lipinski definition) is 2. The average molecular weight is 386 g/mol. The summed E-state index contributed by atoms with van der Waals surface area (Å²) in [6, 6.07) is 1.36. The zero-order chi connectivity index (χ0) is 20.1. The van der Waals surface area contributed by atoms with E-state index < -0.39 is 35.1 Å². The highest BCUT2D eigenvalue weighted by Gasteiger charge is 2.29. The van der Waals surface area contributed by atoms with Crippen LogP contribution in [0.25, 0.3) is 0 Å². The number of anilines is 1. The van der Waals surface area contributed by atoms with Gasteiger partial charge in [0.15, 0.2) is 30.0 Å². The lowest BCUT2D eigenvalue weighted by molar-refractivity contribution is -0.885. The van der Waals surface area contributed by atoms with Gasteiger partial charge in [-0.3, -0.25) is 9.59 Å². The lowest BCUT2D eigenvalue weighted by Gasteiger charge is -2.31. The Morgan fingerprint density at radius 3 is 2.52 bits per heavy atom. The SMILES string of the molecule is C[C@H](C(=O)N[C@@H]1CCCC[C@@H]1C)[NH+](C)CC(=O)Nc1ccc(F)c(F)c1F. The Morgan fingerprint density at radius 1 is 1.19 bits per heavy atom. The zero-order valence-electron chi connectivity index (χ0n) is 15.9. The Hall–Kier alpha value is -2.09. The predicted octanol–water partition coefficient (Wildman–Crippen LogP) is 1.64. The van der Waals surface area contributed by atoms with Crippen LogP contribution in [0.4, 0.5) is 18.9 Å². The van der Waals surface area contributed by atoms with Crippen molar-refractivity contribution in [2.45, 2.75) is 51.6 Å². The molecule has 8 heteroatoms. The number of quaternary nitrogens is 1. The largest absolute Gasteiger partial charge is 0.348 e. The van der Waals surface area contributed by atoms with Crippen molar-refractivity contribution >= 4 is 17.5 Å². The molecule has 1 aromatic carbocycles. The molecule has 0 bridgehead atoms. The summed E-state index contributed by atoms with van der Waals surface area (Å²) < 4.78 is 39.8. The highest BCUT2D eigenvalue weighted by Crippen LogP contribution is 2.23. The fourth-order valence-corrected chi connectivity index (χ4v) is 3.29. The van der Waals surface area contributed by atoms with Crippen molar-refractivity contribution in [1.29, 1.82) is 0 Å². The molecule has 4 atom stereocenters. The summed E-state index contributed by atoms with van der Waals surface area (Å²) in [6.45, 7) is 3.71. The van der Waals surface area contributed by atoms with Crippen LogP contribution in [0.5, 0.6) is 0 Å². The van der Waals surface area contributed by atoms with Gasteiger partial charge < -0.3 is 15.5 Å². The van der Waals surface area contributed by atoms with Crippen molar-refractivity contribution in [2.75, 3.05) is 18.9 Å². The van der Waals surface area contributed by atoms with Gasteiger partial charge in [-0.25, -0.2) is 13.2 Å². The maximum Gasteiger partial charge on any atom is 0.279 e. The minimum absolute atomic E-state index is 0.118. The second-order valence-corrected chi connectivity index (χ2v) is 7.39. The molecule has 1 unspecified atom stereocenters. The molecule has 2 amide bonds. The average Bonchev–Trinajstić information content (AvgIpc) is 2.63. The van der Waals surface area contributed by atoms with E-state index in [4.69, 9.17) is 0 Å². The molecule has 5 nitrogen and oxygen atoms in total. The van der Waals surface area contributed by atoms with Gasteiger partial charge in [0, 0.05) is 6.04 Å². The maximum absolute atomic E-state index is 13.6. The van der Waals surface area contributed by atoms with E-state index in [1.165, 1.54) is 6.42 Å². The Bertz CT molecular complexity index is 699. The van der Waals surface area contributed by atoms with Crippen LogP contribution >= 0.6 is 0 Å². The van der Waals surface area contributed by atoms with Crippen LogP contribution in [0.1, 0.15) is 39.5 Å². The van der Waals surface area contributed by atoms with Crippen molar-refractivity contribution in [2.24, 2.45) is 5.92 Å². The second-order valence-electron chi connectivity index (χ2n) is 7.39. The van der Waals surface area contributed by atoms with E-state index >= 15 is 0 Å². The van der Waals surface area contributed by atoms with Crippen LogP contribution < -0.4 is 15.5 Å². The molecule has 0 radical (unpaired) electrons. The molecule has 0 aromatic heterocycles. The Morgan fingerprint density at radius 2 is 1.85 bits per heavy atom. The zero-order valence-corrected chi connectivity index (χ0v) is 15.9. The van der Waals surface area contributed by atoms with E-state index in [-0.39, 0.29) is 18.5 Å². The number of halogens is 3. The molecule has 0 spiro atoms. The minimum Gasteiger partial charge on any atom is -0.348 e. The summed E-state index contributed by atoms with van der Waals surface area (Å²) in [4.78, 5) is 25.2. The number of rotatable bonds is 6. The Labute approximate surface area is 157 Å². The van der Waals surface area contributed by atoms with Crippen LogP contribution in [0.15, 0.2) is 12.1 Å². The number of carbonyl (C=O) groups excluding carboxylic acids is 2. The number of hydrogen-bond donors (Lipinski definition) is 3. The number of amides is 2. The van der Waals surface area contributed by atoms with Gasteiger partial charge >= 0.3 is 0 Å². The first-order valence-electron chi connectivity index (χ1n) is 9.26. The summed E-state index contributed by atoms with van der Waals surface area (Å²) in [7, 11) is 1.68. The summed E-state index contributed by atoms with van der Waals surface area (Å²) in [5.41, 5.74) is -0.431. The van der Waals surface area contributed by atoms with Crippen LogP contribution in [0.3, 0.4) is 0 Å². The lowest BCUT2D eigenvalue weighted by atomic mass is 9.86. The first kappa shape index (κ1) is 21.2. The number of nitrogens with one attached hydrogen (secondary N) is 3. The van der Waals surface area contributed by atoms with E-state index in [0.29, 0.717) is 10.8 Å². The molecule has 0 heterocycles. The Kier molecular flexibility index (Phi) is 7.24. The topological polar surface area (TPSA) is 62.6 Å². The van der Waals surface area contributed by atoms with Crippen LogP contribution in [0, 0.1) is 23.4 Å². The third-order valence-electron chi connectivity index (χ3n) is 5.32. The fraction of sp³-hybridized carbons (Fsp3) is 0.579. The van der Waals surface area contributed by atoms with E-state index in [0.717, 1.165) is 31.4 Å². The van der Waals surface area contributed by atoms with Crippen LogP contribution in [0.2, 0.25) is 0 Å². The molecule has 27 heavy (non-hydrogen) atoms. The van der Waals surface area contributed by atoms with Crippen LogP contribution in [-0.4, -0.2) is 37.5 Å². The van der Waals surface area contributed by atoms with Gasteiger partial charge in [-0.2, -0.15) is 0 Å². The van der Waals surface area contributed by atoms with E-state index in [9.17, 15) is 22.8 Å². The van der Waals surface area contributed by atoms with Crippen LogP contribution in [-0.2, 0) is 9.59 Å². The summed E-state index contributed by atoms with van der Waals surface area (Å²) >= 11 is 0. The normalized spacial score (nSPS) is 22.0. The summed E-state index contributed by atoms with van der Waals surface area (Å²) in [5.74, 6) is -4.72. The van der Waals surface area contributed by atoms with Gasteiger partial charge in [-0.1, -0.05) is 19.8 Å². The minimum atomic E-state index is -1.64. The smallest absolute Gasteiger partial charge is 0.279 e. The maximum atomic E-state index is 13.6. The summed E-state index contributed by atoms with van der Waals surface area (Å²) in [5, 5.41) is 5.27. The van der Waals surface area contributed by atoms with Gasteiger partial charge in [-0.05, 0) is 37.8 Å². The standard InChI is InChI=1S/C19H26F3N3O2/c1-11-6-4-5-7-14(11)24-19(27)12(2)25(3)10-16(26)23-15-9-8-13(20)17(21)18(15)22/h8-9,11-12,14H,4-7,10H2,1-3H3,(H,23,26)(H,24,27)/p+1/t11-,12+,14+/m0/s1. The van der Waals surface area contributed by atoms with Crippen molar-refractivity contribution < 1.29 is 27.7 Å². The molecule has 0 aliphatic heterocycles. The quantitative estimate of drug-likeness (QED) is 0.651. The number of carbonyl (C=O) groups is 2. The molecular weight excluding hydrogens is 359 g/mol. The molecule has 2 rings (SSSR count). The second kappa shape index (κ2) is 9.21. The van der Waals surface area contributed by atoms with Gasteiger partial charge in [0.2, 0.25) is 0 Å². The molecule has 1 aliphatic carbocycles. The highest BCUT2D eigenvalue weighted by molar-refractivity contribution is 5.91. The van der Waals surface area contributed by atoms with Crippen molar-refractivity contribution in [3.05, 3.63) is 29.6 Å².